The molecule has 102 valence electrons. The monoisotopic (exact) mass is 262 g/mol. The minimum atomic E-state index is 0.237. The van der Waals surface area contributed by atoms with Crippen LogP contribution in [0.25, 0.3) is 0 Å². The van der Waals surface area contributed by atoms with Gasteiger partial charge in [-0.1, -0.05) is 0 Å². The summed E-state index contributed by atoms with van der Waals surface area (Å²) in [6.07, 6.45) is 2.05. The third-order valence-electron chi connectivity index (χ3n) is 3.47. The lowest BCUT2D eigenvalue weighted by Crippen LogP contribution is -2.39. The first-order valence-electron chi connectivity index (χ1n) is 6.46. The SMILES string of the molecule is Cc1nnc(CN2CCOC[C@H]2c2cccn2C)o1. The number of morpholine rings is 1. The van der Waals surface area contributed by atoms with Gasteiger partial charge in [0, 0.05) is 32.4 Å². The summed E-state index contributed by atoms with van der Waals surface area (Å²) >= 11 is 0. The van der Waals surface area contributed by atoms with Crippen LogP contribution < -0.4 is 0 Å². The van der Waals surface area contributed by atoms with Crippen LogP contribution in [0.3, 0.4) is 0 Å². The quantitative estimate of drug-likeness (QED) is 0.834. The Hall–Kier alpha value is -1.66. The third kappa shape index (κ3) is 2.54. The molecule has 0 saturated carbocycles. The van der Waals surface area contributed by atoms with Crippen molar-refractivity contribution in [1.29, 1.82) is 0 Å². The van der Waals surface area contributed by atoms with Gasteiger partial charge in [0.2, 0.25) is 11.8 Å². The maximum absolute atomic E-state index is 5.61. The van der Waals surface area contributed by atoms with E-state index in [1.54, 1.807) is 0 Å². The van der Waals surface area contributed by atoms with Gasteiger partial charge in [0.25, 0.3) is 0 Å². The van der Waals surface area contributed by atoms with Gasteiger partial charge in [-0.25, -0.2) is 0 Å². The van der Waals surface area contributed by atoms with Crippen LogP contribution in [-0.4, -0.2) is 39.4 Å². The zero-order chi connectivity index (χ0) is 13.2. The predicted octanol–water partition coefficient (Wildman–Crippen LogP) is 1.29. The molecule has 0 aliphatic carbocycles. The van der Waals surface area contributed by atoms with Crippen molar-refractivity contribution in [2.24, 2.45) is 7.05 Å². The minimum absolute atomic E-state index is 0.237. The summed E-state index contributed by atoms with van der Waals surface area (Å²) in [5.74, 6) is 1.28. The summed E-state index contributed by atoms with van der Waals surface area (Å²) in [5.41, 5.74) is 1.25. The highest BCUT2D eigenvalue weighted by molar-refractivity contribution is 5.12. The fourth-order valence-electron chi connectivity index (χ4n) is 2.50. The zero-order valence-corrected chi connectivity index (χ0v) is 11.2. The second kappa shape index (κ2) is 5.14. The molecule has 3 heterocycles. The van der Waals surface area contributed by atoms with E-state index in [1.807, 2.05) is 6.92 Å². The maximum atomic E-state index is 5.61. The van der Waals surface area contributed by atoms with E-state index in [4.69, 9.17) is 9.15 Å². The first-order chi connectivity index (χ1) is 9.24. The normalized spacial score (nSPS) is 20.8. The van der Waals surface area contributed by atoms with Crippen molar-refractivity contribution in [3.8, 4) is 0 Å². The number of hydrogen-bond acceptors (Lipinski definition) is 5. The lowest BCUT2D eigenvalue weighted by molar-refractivity contribution is -0.0187. The summed E-state index contributed by atoms with van der Waals surface area (Å²) in [7, 11) is 2.05. The second-order valence-electron chi connectivity index (χ2n) is 4.82. The molecule has 1 aliphatic heterocycles. The molecule has 0 bridgehead atoms. The molecule has 0 spiro atoms. The average Bonchev–Trinajstić information content (AvgIpc) is 2.99. The molecule has 0 radical (unpaired) electrons. The molecule has 3 rings (SSSR count). The molecule has 0 amide bonds. The van der Waals surface area contributed by atoms with Crippen LogP contribution in [0.2, 0.25) is 0 Å². The first-order valence-corrected chi connectivity index (χ1v) is 6.46. The van der Waals surface area contributed by atoms with Crippen LogP contribution in [0.5, 0.6) is 0 Å². The largest absolute Gasteiger partial charge is 0.424 e. The van der Waals surface area contributed by atoms with E-state index in [9.17, 15) is 0 Å². The van der Waals surface area contributed by atoms with Crippen molar-refractivity contribution < 1.29 is 9.15 Å². The van der Waals surface area contributed by atoms with E-state index in [1.165, 1.54) is 5.69 Å². The van der Waals surface area contributed by atoms with E-state index in [0.717, 1.165) is 13.2 Å². The van der Waals surface area contributed by atoms with E-state index in [2.05, 4.69) is 45.0 Å². The molecular formula is C13H18N4O2. The van der Waals surface area contributed by atoms with Crippen molar-refractivity contribution >= 4 is 0 Å². The summed E-state index contributed by atoms with van der Waals surface area (Å²) in [5, 5.41) is 7.95. The first kappa shape index (κ1) is 12.4. The van der Waals surface area contributed by atoms with Gasteiger partial charge in [0.05, 0.1) is 25.8 Å². The van der Waals surface area contributed by atoms with Crippen molar-refractivity contribution in [3.05, 3.63) is 35.8 Å². The highest BCUT2D eigenvalue weighted by atomic mass is 16.5. The molecule has 1 fully saturated rings. The van der Waals surface area contributed by atoms with Gasteiger partial charge in [-0.15, -0.1) is 10.2 Å². The molecule has 6 nitrogen and oxygen atoms in total. The second-order valence-corrected chi connectivity index (χ2v) is 4.82. The van der Waals surface area contributed by atoms with Crippen molar-refractivity contribution in [1.82, 2.24) is 19.7 Å². The molecule has 1 saturated heterocycles. The van der Waals surface area contributed by atoms with Gasteiger partial charge in [-0.3, -0.25) is 4.90 Å². The number of aromatic nitrogens is 3. The van der Waals surface area contributed by atoms with Crippen LogP contribution >= 0.6 is 0 Å². The number of rotatable bonds is 3. The molecule has 19 heavy (non-hydrogen) atoms. The molecule has 0 aromatic carbocycles. The Morgan fingerprint density at radius 3 is 3.00 bits per heavy atom. The zero-order valence-electron chi connectivity index (χ0n) is 11.2. The summed E-state index contributed by atoms with van der Waals surface area (Å²) in [4.78, 5) is 2.33. The van der Waals surface area contributed by atoms with Gasteiger partial charge >= 0.3 is 0 Å². The maximum Gasteiger partial charge on any atom is 0.230 e. The van der Waals surface area contributed by atoms with Crippen molar-refractivity contribution in [2.45, 2.75) is 19.5 Å². The lowest BCUT2D eigenvalue weighted by Gasteiger charge is -2.34. The van der Waals surface area contributed by atoms with E-state index < -0.39 is 0 Å². The van der Waals surface area contributed by atoms with Gasteiger partial charge in [0.15, 0.2) is 0 Å². The molecule has 0 N–H and O–H groups in total. The highest BCUT2D eigenvalue weighted by Crippen LogP contribution is 2.25. The van der Waals surface area contributed by atoms with Crippen molar-refractivity contribution in [3.63, 3.8) is 0 Å². The molecule has 2 aromatic rings. The fraction of sp³-hybridized carbons (Fsp3) is 0.538. The van der Waals surface area contributed by atoms with Crippen LogP contribution in [0.15, 0.2) is 22.7 Å². The molecule has 2 aromatic heterocycles. The van der Waals surface area contributed by atoms with Crippen LogP contribution in [0.4, 0.5) is 0 Å². The predicted molar refractivity (Wildman–Crippen MR) is 68.4 cm³/mol. The Balaban J connectivity index is 1.79. The highest BCUT2D eigenvalue weighted by Gasteiger charge is 2.27. The molecular weight excluding hydrogens is 244 g/mol. The van der Waals surface area contributed by atoms with Crippen LogP contribution in [0.1, 0.15) is 23.5 Å². The van der Waals surface area contributed by atoms with Gasteiger partial charge in [-0.05, 0) is 12.1 Å². The van der Waals surface area contributed by atoms with Gasteiger partial charge in [0.1, 0.15) is 0 Å². The van der Waals surface area contributed by atoms with E-state index in [-0.39, 0.29) is 6.04 Å². The Morgan fingerprint density at radius 1 is 1.42 bits per heavy atom. The molecule has 1 aliphatic rings. The smallest absolute Gasteiger partial charge is 0.230 e. The standard InChI is InChI=1S/C13H18N4O2/c1-10-14-15-13(19-10)8-17-6-7-18-9-12(17)11-4-3-5-16(11)2/h3-5,12H,6-9H2,1-2H3/t12-/m0/s1. The number of hydrogen-bond donors (Lipinski definition) is 0. The number of aryl methyl sites for hydroxylation is 2. The van der Waals surface area contributed by atoms with Crippen LogP contribution in [0, 0.1) is 6.92 Å². The summed E-state index contributed by atoms with van der Waals surface area (Å²) in [6.45, 7) is 4.79. The number of ether oxygens (including phenoxy) is 1. The average molecular weight is 262 g/mol. The fourth-order valence-corrected chi connectivity index (χ4v) is 2.50. The topological polar surface area (TPSA) is 56.3 Å². The number of nitrogens with zero attached hydrogens (tertiary/aromatic N) is 4. The lowest BCUT2D eigenvalue weighted by atomic mass is 10.1. The minimum Gasteiger partial charge on any atom is -0.424 e. The Bertz CT molecular complexity index is 548. The molecule has 0 unspecified atom stereocenters. The summed E-state index contributed by atoms with van der Waals surface area (Å²) < 4.78 is 13.2. The Kier molecular flexibility index (Phi) is 3.35. The molecule has 1 atom stereocenters. The van der Waals surface area contributed by atoms with Gasteiger partial charge < -0.3 is 13.7 Å². The van der Waals surface area contributed by atoms with Crippen LogP contribution in [-0.2, 0) is 18.3 Å². The Labute approximate surface area is 112 Å². The Morgan fingerprint density at radius 2 is 2.32 bits per heavy atom. The van der Waals surface area contributed by atoms with E-state index in [0.29, 0.717) is 24.9 Å². The van der Waals surface area contributed by atoms with E-state index >= 15 is 0 Å². The van der Waals surface area contributed by atoms with Crippen molar-refractivity contribution in [2.75, 3.05) is 19.8 Å². The summed E-state index contributed by atoms with van der Waals surface area (Å²) in [6, 6.07) is 4.42. The molecule has 6 heteroatoms. The third-order valence-corrected chi connectivity index (χ3v) is 3.47. The van der Waals surface area contributed by atoms with Gasteiger partial charge in [-0.2, -0.15) is 0 Å².